The predicted octanol–water partition coefficient (Wildman–Crippen LogP) is 3.49. The summed E-state index contributed by atoms with van der Waals surface area (Å²) in [5.41, 5.74) is 1.89. The highest BCUT2D eigenvalue weighted by molar-refractivity contribution is 5.60. The lowest BCUT2D eigenvalue weighted by Gasteiger charge is -2.09. The average molecular weight is 318 g/mol. The van der Waals surface area contributed by atoms with Crippen LogP contribution in [0.2, 0.25) is 0 Å². The molecule has 0 aliphatic rings. The third-order valence-electron chi connectivity index (χ3n) is 3.44. The molecule has 7 heteroatoms. The van der Waals surface area contributed by atoms with E-state index in [4.69, 9.17) is 0 Å². The molecule has 0 saturated heterocycles. The minimum Gasteiger partial charge on any atom is -0.167 e. The summed E-state index contributed by atoms with van der Waals surface area (Å²) in [6, 6.07) is 12.7. The molecule has 0 unspecified atom stereocenters. The highest BCUT2D eigenvalue weighted by atomic mass is 19.4. The van der Waals surface area contributed by atoms with Gasteiger partial charge in [-0.25, -0.2) is 0 Å². The van der Waals surface area contributed by atoms with Crippen molar-refractivity contribution in [1.29, 1.82) is 0 Å². The summed E-state index contributed by atoms with van der Waals surface area (Å²) in [6.45, 7) is 0. The lowest BCUT2D eigenvalue weighted by molar-refractivity contribution is -0.137. The Hall–Kier alpha value is -2.70. The zero-order valence-corrected chi connectivity index (χ0v) is 12.2. The van der Waals surface area contributed by atoms with Crippen molar-refractivity contribution in [3.8, 4) is 11.4 Å². The first kappa shape index (κ1) is 15.2. The molecule has 1 aromatic heterocycles. The third-order valence-corrected chi connectivity index (χ3v) is 3.44. The highest BCUT2D eigenvalue weighted by Gasteiger charge is 2.29. The van der Waals surface area contributed by atoms with Gasteiger partial charge >= 0.3 is 6.18 Å². The van der Waals surface area contributed by atoms with E-state index in [-0.39, 0.29) is 0 Å². The third kappa shape index (κ3) is 3.39. The molecule has 0 radical (unpaired) electrons. The van der Waals surface area contributed by atoms with Crippen molar-refractivity contribution < 1.29 is 13.2 Å². The fourth-order valence-electron chi connectivity index (χ4n) is 2.32. The van der Waals surface area contributed by atoms with Gasteiger partial charge in [0.05, 0.1) is 12.6 Å². The first-order chi connectivity index (χ1) is 10.9. The maximum Gasteiger partial charge on any atom is 0.416 e. The maximum atomic E-state index is 12.6. The zero-order chi connectivity index (χ0) is 16.4. The van der Waals surface area contributed by atoms with Crippen LogP contribution in [0.15, 0.2) is 48.5 Å². The van der Waals surface area contributed by atoms with Gasteiger partial charge in [0.2, 0.25) is 5.82 Å². The number of rotatable bonds is 3. The van der Waals surface area contributed by atoms with Crippen LogP contribution in [-0.2, 0) is 19.6 Å². The Balaban J connectivity index is 1.89. The number of aryl methyl sites for hydroxylation is 1. The Kier molecular flexibility index (Phi) is 3.85. The van der Waals surface area contributed by atoms with E-state index in [2.05, 4.69) is 15.4 Å². The highest BCUT2D eigenvalue weighted by Crippen LogP contribution is 2.30. The molecule has 0 fully saturated rings. The van der Waals surface area contributed by atoms with Crippen LogP contribution in [0.3, 0.4) is 0 Å². The number of tetrazole rings is 1. The summed E-state index contributed by atoms with van der Waals surface area (Å²) in [5, 5.41) is 12.0. The molecular weight excluding hydrogens is 305 g/mol. The molecule has 118 valence electrons. The fourth-order valence-corrected chi connectivity index (χ4v) is 2.32. The van der Waals surface area contributed by atoms with Crippen molar-refractivity contribution in [2.45, 2.75) is 12.6 Å². The summed E-state index contributed by atoms with van der Waals surface area (Å²) < 4.78 is 37.8. The monoisotopic (exact) mass is 318 g/mol. The van der Waals surface area contributed by atoms with Crippen LogP contribution in [0.5, 0.6) is 0 Å². The van der Waals surface area contributed by atoms with Gasteiger partial charge in [0.15, 0.2) is 0 Å². The molecule has 0 saturated carbocycles. The molecular formula is C16H13F3N4. The van der Waals surface area contributed by atoms with E-state index in [0.29, 0.717) is 12.2 Å². The van der Waals surface area contributed by atoms with E-state index in [1.54, 1.807) is 7.05 Å². The molecule has 4 nitrogen and oxygen atoms in total. The Morgan fingerprint density at radius 2 is 1.70 bits per heavy atom. The minimum absolute atomic E-state index is 0.493. The van der Waals surface area contributed by atoms with Crippen LogP contribution in [0.1, 0.15) is 16.7 Å². The normalized spacial score (nSPS) is 11.7. The van der Waals surface area contributed by atoms with Gasteiger partial charge in [0.1, 0.15) is 0 Å². The van der Waals surface area contributed by atoms with E-state index in [1.807, 2.05) is 24.3 Å². The first-order valence-corrected chi connectivity index (χ1v) is 6.92. The van der Waals surface area contributed by atoms with Gasteiger partial charge in [0, 0.05) is 5.56 Å². The van der Waals surface area contributed by atoms with Crippen molar-refractivity contribution in [2.75, 3.05) is 0 Å². The number of hydrogen-bond donors (Lipinski definition) is 0. The number of halogens is 3. The Labute approximate surface area is 130 Å². The second kappa shape index (κ2) is 5.83. The van der Waals surface area contributed by atoms with Crippen LogP contribution in [0, 0.1) is 0 Å². The Morgan fingerprint density at radius 3 is 2.30 bits per heavy atom. The Morgan fingerprint density at radius 1 is 1.00 bits per heavy atom. The van der Waals surface area contributed by atoms with Crippen molar-refractivity contribution in [1.82, 2.24) is 20.2 Å². The lowest BCUT2D eigenvalue weighted by atomic mass is 9.98. The van der Waals surface area contributed by atoms with E-state index in [0.717, 1.165) is 28.8 Å². The molecule has 0 N–H and O–H groups in total. The van der Waals surface area contributed by atoms with Gasteiger partial charge in [-0.2, -0.15) is 18.0 Å². The number of aromatic nitrogens is 4. The van der Waals surface area contributed by atoms with Crippen molar-refractivity contribution in [3.05, 3.63) is 65.2 Å². The summed E-state index contributed by atoms with van der Waals surface area (Å²) >= 11 is 0. The van der Waals surface area contributed by atoms with Gasteiger partial charge in [-0.1, -0.05) is 36.4 Å². The standard InChI is InChI=1S/C16H13F3N4/c1-23-21-15(20-22-23)14-5-3-2-4-12(14)10-11-6-8-13(9-7-11)16(17,18)19/h2-9H,10H2,1H3. The van der Waals surface area contributed by atoms with Crippen LogP contribution >= 0.6 is 0 Å². The summed E-state index contributed by atoms with van der Waals surface area (Å²) in [6.07, 6.45) is -3.83. The van der Waals surface area contributed by atoms with Crippen LogP contribution in [0.4, 0.5) is 13.2 Å². The van der Waals surface area contributed by atoms with Crippen LogP contribution < -0.4 is 0 Å². The van der Waals surface area contributed by atoms with Crippen LogP contribution in [-0.4, -0.2) is 20.2 Å². The molecule has 2 aromatic carbocycles. The van der Waals surface area contributed by atoms with E-state index < -0.39 is 11.7 Å². The molecule has 0 atom stereocenters. The number of alkyl halides is 3. The molecule has 0 spiro atoms. The van der Waals surface area contributed by atoms with Gasteiger partial charge < -0.3 is 0 Å². The summed E-state index contributed by atoms with van der Waals surface area (Å²) in [5.74, 6) is 0.495. The van der Waals surface area contributed by atoms with E-state index in [9.17, 15) is 13.2 Å². The maximum absolute atomic E-state index is 12.6. The van der Waals surface area contributed by atoms with Gasteiger partial charge in [0.25, 0.3) is 0 Å². The number of hydrogen-bond acceptors (Lipinski definition) is 3. The topological polar surface area (TPSA) is 43.6 Å². The van der Waals surface area contributed by atoms with Crippen molar-refractivity contribution in [3.63, 3.8) is 0 Å². The molecule has 0 aliphatic heterocycles. The quantitative estimate of drug-likeness (QED) is 0.742. The molecule has 0 bridgehead atoms. The second-order valence-corrected chi connectivity index (χ2v) is 5.13. The number of benzene rings is 2. The molecule has 0 aliphatic carbocycles. The van der Waals surface area contributed by atoms with Crippen molar-refractivity contribution in [2.24, 2.45) is 7.05 Å². The molecule has 3 rings (SSSR count). The van der Waals surface area contributed by atoms with Gasteiger partial charge in [-0.05, 0) is 34.9 Å². The zero-order valence-electron chi connectivity index (χ0n) is 12.2. The number of nitrogens with zero attached hydrogens (tertiary/aromatic N) is 4. The van der Waals surface area contributed by atoms with E-state index in [1.165, 1.54) is 16.9 Å². The predicted molar refractivity (Wildman–Crippen MR) is 78.5 cm³/mol. The Bertz CT molecular complexity index is 807. The fraction of sp³-hybridized carbons (Fsp3) is 0.188. The largest absolute Gasteiger partial charge is 0.416 e. The molecule has 1 heterocycles. The summed E-state index contributed by atoms with van der Waals surface area (Å²) in [4.78, 5) is 1.37. The van der Waals surface area contributed by atoms with E-state index >= 15 is 0 Å². The van der Waals surface area contributed by atoms with Crippen LogP contribution in [0.25, 0.3) is 11.4 Å². The summed E-state index contributed by atoms with van der Waals surface area (Å²) in [7, 11) is 1.68. The minimum atomic E-state index is -4.32. The first-order valence-electron chi connectivity index (χ1n) is 6.92. The SMILES string of the molecule is Cn1nnc(-c2ccccc2Cc2ccc(C(F)(F)F)cc2)n1. The second-order valence-electron chi connectivity index (χ2n) is 5.13. The lowest BCUT2D eigenvalue weighted by Crippen LogP contribution is -2.04. The average Bonchev–Trinajstić information content (AvgIpc) is 2.94. The van der Waals surface area contributed by atoms with Crippen molar-refractivity contribution >= 4 is 0 Å². The molecule has 0 amide bonds. The molecule has 3 aromatic rings. The molecule has 23 heavy (non-hydrogen) atoms. The smallest absolute Gasteiger partial charge is 0.167 e. The van der Waals surface area contributed by atoms with Gasteiger partial charge in [-0.15, -0.1) is 10.2 Å². The van der Waals surface area contributed by atoms with Gasteiger partial charge in [-0.3, -0.25) is 0 Å².